The molecule has 2 amide bonds. The summed E-state index contributed by atoms with van der Waals surface area (Å²) in [6, 6.07) is 7.10. The van der Waals surface area contributed by atoms with Crippen LogP contribution in [0.15, 0.2) is 24.3 Å². The van der Waals surface area contributed by atoms with Gasteiger partial charge in [-0.05, 0) is 18.6 Å². The lowest BCUT2D eigenvalue weighted by atomic mass is 9.94. The van der Waals surface area contributed by atoms with Crippen LogP contribution in [0, 0.1) is 5.92 Å². The third-order valence-electron chi connectivity index (χ3n) is 3.65. The largest absolute Gasteiger partial charge is 0.495 e. The fourth-order valence-corrected chi connectivity index (χ4v) is 2.39. The zero-order valence-corrected chi connectivity index (χ0v) is 11.9. The molecule has 1 aliphatic heterocycles. The van der Waals surface area contributed by atoms with Crippen molar-refractivity contribution < 1.29 is 14.3 Å². The zero-order valence-electron chi connectivity index (χ0n) is 11.9. The highest BCUT2D eigenvalue weighted by Crippen LogP contribution is 2.24. The number of rotatable bonds is 3. The molecule has 1 N–H and O–H groups in total. The van der Waals surface area contributed by atoms with Gasteiger partial charge in [0, 0.05) is 25.4 Å². The van der Waals surface area contributed by atoms with E-state index in [0.717, 1.165) is 6.42 Å². The van der Waals surface area contributed by atoms with Gasteiger partial charge < -0.3 is 15.0 Å². The maximum absolute atomic E-state index is 12.3. The number of ketones is 1. The van der Waals surface area contributed by atoms with Gasteiger partial charge in [0.1, 0.15) is 11.5 Å². The Morgan fingerprint density at radius 3 is 2.90 bits per heavy atom. The molecule has 0 aromatic heterocycles. The van der Waals surface area contributed by atoms with Crippen molar-refractivity contribution in [2.75, 3.05) is 25.5 Å². The van der Waals surface area contributed by atoms with Crippen LogP contribution < -0.4 is 10.1 Å². The van der Waals surface area contributed by atoms with Crippen LogP contribution >= 0.6 is 0 Å². The Balaban J connectivity index is 2.03. The molecule has 1 aliphatic rings. The number of piperidine rings is 1. The molecule has 5 heteroatoms. The van der Waals surface area contributed by atoms with Crippen LogP contribution in [0.4, 0.5) is 10.5 Å². The van der Waals surface area contributed by atoms with Crippen molar-refractivity contribution in [2.45, 2.75) is 19.8 Å². The molecular weight excluding hydrogens is 256 g/mol. The highest BCUT2D eigenvalue weighted by molar-refractivity contribution is 5.92. The Labute approximate surface area is 118 Å². The molecule has 1 fully saturated rings. The summed E-state index contributed by atoms with van der Waals surface area (Å²) in [6.07, 6.45) is 1.22. The molecule has 5 nitrogen and oxygen atoms in total. The minimum Gasteiger partial charge on any atom is -0.495 e. The molecule has 1 atom stereocenters. The van der Waals surface area contributed by atoms with Crippen molar-refractivity contribution in [3.63, 3.8) is 0 Å². The van der Waals surface area contributed by atoms with Crippen LogP contribution in [0.2, 0.25) is 0 Å². The third-order valence-corrected chi connectivity index (χ3v) is 3.65. The average Bonchev–Trinajstić information content (AvgIpc) is 2.48. The lowest BCUT2D eigenvalue weighted by Gasteiger charge is -2.31. The number of carbonyl (C=O) groups excluding carboxylic acids is 2. The van der Waals surface area contributed by atoms with Gasteiger partial charge in [0.05, 0.1) is 12.8 Å². The number of hydrogen-bond donors (Lipinski definition) is 1. The molecule has 0 saturated carbocycles. The van der Waals surface area contributed by atoms with Gasteiger partial charge >= 0.3 is 6.03 Å². The maximum Gasteiger partial charge on any atom is 0.321 e. The Morgan fingerprint density at radius 1 is 1.45 bits per heavy atom. The van der Waals surface area contributed by atoms with Crippen molar-refractivity contribution >= 4 is 17.5 Å². The van der Waals surface area contributed by atoms with E-state index < -0.39 is 0 Å². The molecular formula is C15H20N2O3. The Kier molecular flexibility index (Phi) is 4.61. The Hall–Kier alpha value is -2.04. The Bertz CT molecular complexity index is 502. The number of methoxy groups -OCH3 is 1. The number of anilines is 1. The van der Waals surface area contributed by atoms with E-state index in [1.807, 2.05) is 19.1 Å². The van der Waals surface area contributed by atoms with Crippen molar-refractivity contribution in [1.29, 1.82) is 0 Å². The van der Waals surface area contributed by atoms with E-state index in [1.54, 1.807) is 24.1 Å². The average molecular weight is 276 g/mol. The molecule has 1 aromatic carbocycles. The van der Waals surface area contributed by atoms with Gasteiger partial charge in [0.25, 0.3) is 0 Å². The maximum atomic E-state index is 12.3. The molecule has 1 aromatic rings. The van der Waals surface area contributed by atoms with Crippen LogP contribution in [0.5, 0.6) is 5.75 Å². The fraction of sp³-hybridized carbons (Fsp3) is 0.467. The summed E-state index contributed by atoms with van der Waals surface area (Å²) >= 11 is 0. The van der Waals surface area contributed by atoms with Crippen LogP contribution in [0.3, 0.4) is 0 Å². The summed E-state index contributed by atoms with van der Waals surface area (Å²) in [4.78, 5) is 25.6. The number of nitrogens with zero attached hydrogens (tertiary/aromatic N) is 1. The van der Waals surface area contributed by atoms with Crippen LogP contribution in [0.25, 0.3) is 0 Å². The van der Waals surface area contributed by atoms with Crippen molar-refractivity contribution in [3.8, 4) is 5.75 Å². The monoisotopic (exact) mass is 276 g/mol. The second-order valence-corrected chi connectivity index (χ2v) is 4.90. The fourth-order valence-electron chi connectivity index (χ4n) is 2.39. The number of amides is 2. The lowest BCUT2D eigenvalue weighted by Crippen LogP contribution is -2.45. The predicted octanol–water partition coefficient (Wildman–Crippen LogP) is 2.53. The Morgan fingerprint density at radius 2 is 2.20 bits per heavy atom. The van der Waals surface area contributed by atoms with Gasteiger partial charge in [-0.3, -0.25) is 4.79 Å². The second-order valence-electron chi connectivity index (χ2n) is 4.90. The van der Waals surface area contributed by atoms with Crippen molar-refractivity contribution in [1.82, 2.24) is 4.90 Å². The van der Waals surface area contributed by atoms with E-state index in [9.17, 15) is 9.59 Å². The predicted molar refractivity (Wildman–Crippen MR) is 77.0 cm³/mol. The van der Waals surface area contributed by atoms with Gasteiger partial charge in [-0.2, -0.15) is 0 Å². The first kappa shape index (κ1) is 14.4. The smallest absolute Gasteiger partial charge is 0.321 e. The van der Waals surface area contributed by atoms with Gasteiger partial charge in [-0.1, -0.05) is 19.1 Å². The molecule has 1 heterocycles. The first-order valence-corrected chi connectivity index (χ1v) is 6.87. The summed E-state index contributed by atoms with van der Waals surface area (Å²) in [5, 5.41) is 2.84. The molecule has 20 heavy (non-hydrogen) atoms. The molecule has 0 spiro atoms. The number of nitrogens with one attached hydrogen (secondary N) is 1. The highest BCUT2D eigenvalue weighted by Gasteiger charge is 2.28. The quantitative estimate of drug-likeness (QED) is 0.923. The molecule has 2 rings (SSSR count). The van der Waals surface area contributed by atoms with Gasteiger partial charge in [-0.15, -0.1) is 0 Å². The lowest BCUT2D eigenvalue weighted by molar-refractivity contribution is -0.125. The zero-order chi connectivity index (χ0) is 14.5. The number of carbonyl (C=O) groups is 2. The standard InChI is InChI=1S/C15H20N2O3/c1-3-11-10-17(9-8-13(11)18)15(19)16-12-6-4-5-7-14(12)20-2/h4-7,11H,3,8-10H2,1-2H3,(H,16,19). The molecule has 0 bridgehead atoms. The van der Waals surface area contributed by atoms with Gasteiger partial charge in [0.2, 0.25) is 0 Å². The number of para-hydroxylation sites is 2. The molecule has 108 valence electrons. The van der Waals surface area contributed by atoms with E-state index in [4.69, 9.17) is 4.74 Å². The normalized spacial score (nSPS) is 18.8. The molecule has 0 aliphatic carbocycles. The number of ether oxygens (including phenoxy) is 1. The van der Waals surface area contributed by atoms with Crippen LogP contribution in [-0.4, -0.2) is 36.9 Å². The van der Waals surface area contributed by atoms with E-state index in [-0.39, 0.29) is 17.7 Å². The van der Waals surface area contributed by atoms with Crippen molar-refractivity contribution in [2.24, 2.45) is 5.92 Å². The number of hydrogen-bond acceptors (Lipinski definition) is 3. The van der Waals surface area contributed by atoms with Crippen LogP contribution in [-0.2, 0) is 4.79 Å². The molecule has 1 unspecified atom stereocenters. The van der Waals surface area contributed by atoms with Gasteiger partial charge in [0.15, 0.2) is 0 Å². The van der Waals surface area contributed by atoms with E-state index >= 15 is 0 Å². The number of benzene rings is 1. The summed E-state index contributed by atoms with van der Waals surface area (Å²) in [7, 11) is 1.57. The summed E-state index contributed by atoms with van der Waals surface area (Å²) in [5.74, 6) is 0.849. The summed E-state index contributed by atoms with van der Waals surface area (Å²) in [5.41, 5.74) is 0.643. The third kappa shape index (κ3) is 3.10. The van der Waals surface area contributed by atoms with Gasteiger partial charge in [-0.25, -0.2) is 4.79 Å². The first-order chi connectivity index (χ1) is 9.65. The van der Waals surface area contributed by atoms with E-state index in [0.29, 0.717) is 30.9 Å². The van der Waals surface area contributed by atoms with Crippen LogP contribution in [0.1, 0.15) is 19.8 Å². The minimum atomic E-state index is -0.180. The molecule has 0 radical (unpaired) electrons. The van der Waals surface area contributed by atoms with E-state index in [1.165, 1.54) is 0 Å². The number of likely N-dealkylation sites (tertiary alicyclic amines) is 1. The number of urea groups is 1. The molecule has 1 saturated heterocycles. The second kappa shape index (κ2) is 6.41. The topological polar surface area (TPSA) is 58.6 Å². The highest BCUT2D eigenvalue weighted by atomic mass is 16.5. The number of Topliss-reactive ketones (excluding diaryl/α,β-unsaturated/α-hetero) is 1. The van der Waals surface area contributed by atoms with E-state index in [2.05, 4.69) is 5.32 Å². The first-order valence-electron chi connectivity index (χ1n) is 6.87. The minimum absolute atomic E-state index is 0.0350. The SMILES string of the molecule is CCC1CN(C(=O)Nc2ccccc2OC)CCC1=O. The van der Waals surface area contributed by atoms with Crippen molar-refractivity contribution in [3.05, 3.63) is 24.3 Å². The summed E-state index contributed by atoms with van der Waals surface area (Å²) in [6.45, 7) is 2.96. The summed E-state index contributed by atoms with van der Waals surface area (Å²) < 4.78 is 5.21.